The zero-order valence-corrected chi connectivity index (χ0v) is 12.7. The number of rotatable bonds is 6. The Bertz CT molecular complexity index is 571. The predicted molar refractivity (Wildman–Crippen MR) is 80.5 cm³/mol. The van der Waals surface area contributed by atoms with Gasteiger partial charge in [0, 0.05) is 6.04 Å². The molecule has 1 atom stereocenters. The predicted octanol–water partition coefficient (Wildman–Crippen LogP) is 2.60. The van der Waals surface area contributed by atoms with E-state index >= 15 is 0 Å². The van der Waals surface area contributed by atoms with Crippen molar-refractivity contribution in [2.45, 2.75) is 19.9 Å². The van der Waals surface area contributed by atoms with Crippen LogP contribution < -0.4 is 10.6 Å². The van der Waals surface area contributed by atoms with Crippen LogP contribution in [0.25, 0.3) is 0 Å². The molecule has 0 aliphatic heterocycles. The summed E-state index contributed by atoms with van der Waals surface area (Å²) in [5.74, 6) is -0.181. The van der Waals surface area contributed by atoms with Gasteiger partial charge in [0.05, 0.1) is 6.54 Å². The maximum absolute atomic E-state index is 13.0. The van der Waals surface area contributed by atoms with E-state index in [0.717, 1.165) is 5.56 Å². The Morgan fingerprint density at radius 2 is 2.05 bits per heavy atom. The SMILES string of the molecule is CC(C)[C@@H](NCC(=O)Nc1nncs1)c1ccc(F)cc1. The summed E-state index contributed by atoms with van der Waals surface area (Å²) < 4.78 is 13.0. The van der Waals surface area contributed by atoms with Gasteiger partial charge >= 0.3 is 0 Å². The maximum atomic E-state index is 13.0. The Morgan fingerprint density at radius 3 is 2.62 bits per heavy atom. The molecule has 0 radical (unpaired) electrons. The lowest BCUT2D eigenvalue weighted by atomic mass is 9.96. The summed E-state index contributed by atoms with van der Waals surface area (Å²) in [6, 6.07) is 6.29. The molecule has 112 valence electrons. The summed E-state index contributed by atoms with van der Waals surface area (Å²) in [7, 11) is 0. The third-order valence-electron chi connectivity index (χ3n) is 2.98. The highest BCUT2D eigenvalue weighted by Gasteiger charge is 2.17. The van der Waals surface area contributed by atoms with Crippen molar-refractivity contribution in [3.63, 3.8) is 0 Å². The molecule has 0 saturated heterocycles. The molecule has 0 saturated carbocycles. The number of anilines is 1. The van der Waals surface area contributed by atoms with E-state index in [4.69, 9.17) is 0 Å². The van der Waals surface area contributed by atoms with E-state index in [9.17, 15) is 9.18 Å². The molecule has 2 N–H and O–H groups in total. The molecule has 2 aromatic rings. The quantitative estimate of drug-likeness (QED) is 0.861. The van der Waals surface area contributed by atoms with Crippen molar-refractivity contribution in [1.82, 2.24) is 15.5 Å². The third kappa shape index (κ3) is 4.57. The zero-order valence-electron chi connectivity index (χ0n) is 11.8. The van der Waals surface area contributed by atoms with Crippen molar-refractivity contribution in [1.29, 1.82) is 0 Å². The Balaban J connectivity index is 1.94. The number of halogens is 1. The number of nitrogens with zero attached hydrogens (tertiary/aromatic N) is 2. The van der Waals surface area contributed by atoms with Crippen LogP contribution in [0.5, 0.6) is 0 Å². The van der Waals surface area contributed by atoms with Crippen LogP contribution in [0.4, 0.5) is 9.52 Å². The zero-order chi connectivity index (χ0) is 15.2. The van der Waals surface area contributed by atoms with Crippen LogP contribution in [-0.4, -0.2) is 22.6 Å². The lowest BCUT2D eigenvalue weighted by Gasteiger charge is -2.22. The second kappa shape index (κ2) is 7.24. The van der Waals surface area contributed by atoms with Crippen molar-refractivity contribution in [2.24, 2.45) is 5.92 Å². The molecule has 1 heterocycles. The van der Waals surface area contributed by atoms with Crippen LogP contribution in [0.15, 0.2) is 29.8 Å². The van der Waals surface area contributed by atoms with E-state index in [1.807, 2.05) is 13.8 Å². The summed E-state index contributed by atoms with van der Waals surface area (Å²) >= 11 is 1.27. The normalized spacial score (nSPS) is 12.4. The molecule has 1 aromatic carbocycles. The van der Waals surface area contributed by atoms with Gasteiger partial charge < -0.3 is 5.32 Å². The Kier molecular flexibility index (Phi) is 5.35. The van der Waals surface area contributed by atoms with Gasteiger partial charge in [-0.1, -0.05) is 37.3 Å². The summed E-state index contributed by atoms with van der Waals surface area (Å²) in [6.45, 7) is 4.24. The number of hydrogen-bond acceptors (Lipinski definition) is 5. The van der Waals surface area contributed by atoms with Crippen LogP contribution in [0.1, 0.15) is 25.5 Å². The molecule has 5 nitrogen and oxygen atoms in total. The monoisotopic (exact) mass is 308 g/mol. The first-order valence-corrected chi connectivity index (χ1v) is 7.49. The average molecular weight is 308 g/mol. The number of amides is 1. The molecule has 1 aromatic heterocycles. The third-order valence-corrected chi connectivity index (χ3v) is 3.59. The van der Waals surface area contributed by atoms with E-state index in [1.54, 1.807) is 17.6 Å². The van der Waals surface area contributed by atoms with Crippen molar-refractivity contribution in [3.8, 4) is 0 Å². The lowest BCUT2D eigenvalue weighted by Crippen LogP contribution is -2.33. The first kappa shape index (κ1) is 15.5. The summed E-state index contributed by atoms with van der Waals surface area (Å²) in [4.78, 5) is 11.8. The highest BCUT2D eigenvalue weighted by atomic mass is 32.1. The second-order valence-electron chi connectivity index (χ2n) is 4.95. The molecule has 1 amide bonds. The Labute approximate surface area is 126 Å². The minimum Gasteiger partial charge on any atom is -0.301 e. The van der Waals surface area contributed by atoms with Crippen LogP contribution in [0.2, 0.25) is 0 Å². The lowest BCUT2D eigenvalue weighted by molar-refractivity contribution is -0.115. The molecule has 0 spiro atoms. The van der Waals surface area contributed by atoms with E-state index < -0.39 is 0 Å². The van der Waals surface area contributed by atoms with Crippen molar-refractivity contribution in [3.05, 3.63) is 41.2 Å². The number of aromatic nitrogens is 2. The highest BCUT2D eigenvalue weighted by Crippen LogP contribution is 2.21. The number of nitrogens with one attached hydrogen (secondary N) is 2. The highest BCUT2D eigenvalue weighted by molar-refractivity contribution is 7.13. The fourth-order valence-electron chi connectivity index (χ4n) is 2.00. The molecule has 0 fully saturated rings. The van der Waals surface area contributed by atoms with Crippen LogP contribution >= 0.6 is 11.3 Å². The summed E-state index contributed by atoms with van der Waals surface area (Å²) in [5.41, 5.74) is 2.51. The Morgan fingerprint density at radius 1 is 1.33 bits per heavy atom. The van der Waals surface area contributed by atoms with Gasteiger partial charge in [-0.25, -0.2) is 4.39 Å². The molecule has 2 rings (SSSR count). The van der Waals surface area contributed by atoms with Crippen molar-refractivity contribution in [2.75, 3.05) is 11.9 Å². The average Bonchev–Trinajstić information content (AvgIpc) is 2.93. The van der Waals surface area contributed by atoms with Crippen molar-refractivity contribution < 1.29 is 9.18 Å². The summed E-state index contributed by atoms with van der Waals surface area (Å²) in [5, 5.41) is 13.7. The van der Waals surface area contributed by atoms with Gasteiger partial charge in [0.2, 0.25) is 11.0 Å². The van der Waals surface area contributed by atoms with Gasteiger partial charge in [0.25, 0.3) is 0 Å². The molecular formula is C14H17FN4OS. The molecule has 0 aliphatic carbocycles. The second-order valence-corrected chi connectivity index (χ2v) is 5.78. The van der Waals surface area contributed by atoms with Gasteiger partial charge in [0.15, 0.2) is 0 Å². The minimum atomic E-state index is -0.268. The minimum absolute atomic E-state index is 0.0224. The molecular weight excluding hydrogens is 291 g/mol. The topological polar surface area (TPSA) is 66.9 Å². The molecule has 0 unspecified atom stereocenters. The van der Waals surface area contributed by atoms with Gasteiger partial charge in [-0.05, 0) is 23.6 Å². The number of carbonyl (C=O) groups is 1. The van der Waals surface area contributed by atoms with Gasteiger partial charge in [-0.2, -0.15) is 0 Å². The van der Waals surface area contributed by atoms with Crippen molar-refractivity contribution >= 4 is 22.4 Å². The molecule has 0 aliphatic rings. The van der Waals surface area contributed by atoms with Gasteiger partial charge in [0.1, 0.15) is 11.3 Å². The van der Waals surface area contributed by atoms with Crippen LogP contribution in [-0.2, 0) is 4.79 Å². The molecule has 7 heteroatoms. The number of carbonyl (C=O) groups excluding carboxylic acids is 1. The van der Waals surface area contributed by atoms with E-state index in [2.05, 4.69) is 20.8 Å². The summed E-state index contributed by atoms with van der Waals surface area (Å²) in [6.07, 6.45) is 0. The Hall–Kier alpha value is -1.86. The van der Waals surface area contributed by atoms with E-state index in [1.165, 1.54) is 23.5 Å². The van der Waals surface area contributed by atoms with Gasteiger partial charge in [-0.15, -0.1) is 10.2 Å². The van der Waals surface area contributed by atoms with E-state index in [0.29, 0.717) is 5.13 Å². The van der Waals surface area contributed by atoms with Crippen LogP contribution in [0.3, 0.4) is 0 Å². The molecule has 0 bridgehead atoms. The van der Waals surface area contributed by atoms with E-state index in [-0.39, 0.29) is 30.2 Å². The smallest absolute Gasteiger partial charge is 0.240 e. The number of benzene rings is 1. The first-order valence-electron chi connectivity index (χ1n) is 6.61. The fourth-order valence-corrected chi connectivity index (χ4v) is 2.46. The fraction of sp³-hybridized carbons (Fsp3) is 0.357. The maximum Gasteiger partial charge on any atom is 0.240 e. The molecule has 21 heavy (non-hydrogen) atoms. The van der Waals surface area contributed by atoms with Crippen LogP contribution in [0, 0.1) is 11.7 Å². The van der Waals surface area contributed by atoms with Gasteiger partial charge in [-0.3, -0.25) is 10.1 Å². The number of hydrogen-bond donors (Lipinski definition) is 2. The first-order chi connectivity index (χ1) is 10.1. The standard InChI is InChI=1S/C14H17FN4OS/c1-9(2)13(10-3-5-11(15)6-4-10)16-7-12(20)18-14-19-17-8-21-14/h3-6,8-9,13,16H,7H2,1-2H3,(H,18,19,20)/t13-/m1/s1. The largest absolute Gasteiger partial charge is 0.301 e.